The summed E-state index contributed by atoms with van der Waals surface area (Å²) in [7, 11) is 1.74. The average Bonchev–Trinajstić information content (AvgIpc) is 2.65. The molecule has 1 aromatic heterocycles. The SMILES string of the molecule is CNC(=S)Nc1sc2c(c1C(N)=O)CC[C@@H](C)C2. The second-order valence-electron chi connectivity index (χ2n) is 4.62. The molecular weight excluding hydrogens is 266 g/mol. The van der Waals surface area contributed by atoms with E-state index < -0.39 is 0 Å². The minimum atomic E-state index is -0.372. The fraction of sp³-hybridized carbons (Fsp3) is 0.500. The van der Waals surface area contributed by atoms with Crippen LogP contribution < -0.4 is 16.4 Å². The molecule has 1 aliphatic carbocycles. The van der Waals surface area contributed by atoms with E-state index in [-0.39, 0.29) is 5.91 Å². The number of fused-ring (bicyclic) bond motifs is 1. The molecule has 0 aromatic carbocycles. The molecule has 4 N–H and O–H groups in total. The largest absolute Gasteiger partial charge is 0.366 e. The topological polar surface area (TPSA) is 67.2 Å². The average molecular weight is 283 g/mol. The van der Waals surface area contributed by atoms with Crippen LogP contribution >= 0.6 is 23.6 Å². The van der Waals surface area contributed by atoms with E-state index >= 15 is 0 Å². The van der Waals surface area contributed by atoms with E-state index in [4.69, 9.17) is 18.0 Å². The Kier molecular flexibility index (Phi) is 3.87. The molecule has 0 spiro atoms. The highest BCUT2D eigenvalue weighted by atomic mass is 32.1. The summed E-state index contributed by atoms with van der Waals surface area (Å²) in [6.45, 7) is 2.23. The van der Waals surface area contributed by atoms with Crippen molar-refractivity contribution in [1.29, 1.82) is 0 Å². The Hall–Kier alpha value is -1.14. The lowest BCUT2D eigenvalue weighted by Crippen LogP contribution is -2.25. The lowest BCUT2D eigenvalue weighted by molar-refractivity contribution is 0.100. The number of rotatable bonds is 2. The van der Waals surface area contributed by atoms with Gasteiger partial charge >= 0.3 is 0 Å². The lowest BCUT2D eigenvalue weighted by Gasteiger charge is -2.18. The zero-order valence-corrected chi connectivity index (χ0v) is 12.1. The molecule has 1 amide bonds. The maximum atomic E-state index is 11.6. The first kappa shape index (κ1) is 13.3. The Bertz CT molecular complexity index is 496. The van der Waals surface area contributed by atoms with Crippen LogP contribution in [0.4, 0.5) is 5.00 Å². The number of carbonyl (C=O) groups excluding carboxylic acids is 1. The van der Waals surface area contributed by atoms with Gasteiger partial charge in [-0.15, -0.1) is 11.3 Å². The molecule has 2 rings (SSSR count). The summed E-state index contributed by atoms with van der Waals surface area (Å²) in [5, 5.41) is 7.18. The smallest absolute Gasteiger partial charge is 0.251 e. The number of anilines is 1. The summed E-state index contributed by atoms with van der Waals surface area (Å²) < 4.78 is 0. The van der Waals surface area contributed by atoms with E-state index in [0.29, 0.717) is 16.6 Å². The highest BCUT2D eigenvalue weighted by molar-refractivity contribution is 7.80. The molecule has 0 aliphatic heterocycles. The Labute approximate surface area is 116 Å². The molecular formula is C12H17N3OS2. The van der Waals surface area contributed by atoms with Gasteiger partial charge in [-0.25, -0.2) is 0 Å². The summed E-state index contributed by atoms with van der Waals surface area (Å²) in [5.41, 5.74) is 7.24. The molecule has 1 aliphatic rings. The van der Waals surface area contributed by atoms with Crippen LogP contribution in [0.5, 0.6) is 0 Å². The van der Waals surface area contributed by atoms with Crippen molar-refractivity contribution in [2.75, 3.05) is 12.4 Å². The molecule has 6 heteroatoms. The van der Waals surface area contributed by atoms with Crippen LogP contribution in [0.3, 0.4) is 0 Å². The zero-order chi connectivity index (χ0) is 13.3. The van der Waals surface area contributed by atoms with Crippen LogP contribution in [0.25, 0.3) is 0 Å². The number of thiocarbonyl (C=S) groups is 1. The maximum absolute atomic E-state index is 11.6. The molecule has 18 heavy (non-hydrogen) atoms. The van der Waals surface area contributed by atoms with Gasteiger partial charge in [0.1, 0.15) is 5.00 Å². The molecule has 0 bridgehead atoms. The first-order chi connectivity index (χ1) is 8.52. The van der Waals surface area contributed by atoms with Gasteiger partial charge in [0, 0.05) is 11.9 Å². The summed E-state index contributed by atoms with van der Waals surface area (Å²) in [4.78, 5) is 12.9. The molecule has 0 saturated heterocycles. The van der Waals surface area contributed by atoms with Crippen LogP contribution in [0.1, 0.15) is 34.1 Å². The normalized spacial score (nSPS) is 18.0. The minimum absolute atomic E-state index is 0.372. The van der Waals surface area contributed by atoms with Gasteiger partial charge in [0.05, 0.1) is 5.56 Å². The number of thiophene rings is 1. The van der Waals surface area contributed by atoms with Gasteiger partial charge < -0.3 is 16.4 Å². The van der Waals surface area contributed by atoms with Crippen molar-refractivity contribution < 1.29 is 4.79 Å². The summed E-state index contributed by atoms with van der Waals surface area (Å²) in [5.74, 6) is 0.296. The Morgan fingerprint density at radius 3 is 2.89 bits per heavy atom. The fourth-order valence-electron chi connectivity index (χ4n) is 2.27. The number of carbonyl (C=O) groups is 1. The Morgan fingerprint density at radius 2 is 2.28 bits per heavy atom. The third-order valence-electron chi connectivity index (χ3n) is 3.21. The molecule has 0 radical (unpaired) electrons. The van der Waals surface area contributed by atoms with E-state index in [1.165, 1.54) is 4.88 Å². The van der Waals surface area contributed by atoms with E-state index in [1.54, 1.807) is 18.4 Å². The first-order valence-corrected chi connectivity index (χ1v) is 7.18. The third kappa shape index (κ3) is 2.49. The van der Waals surface area contributed by atoms with Gasteiger partial charge in [0.15, 0.2) is 5.11 Å². The Morgan fingerprint density at radius 1 is 1.56 bits per heavy atom. The van der Waals surface area contributed by atoms with Gasteiger partial charge in [-0.2, -0.15) is 0 Å². The molecule has 1 aromatic rings. The molecule has 1 atom stereocenters. The molecule has 0 saturated carbocycles. The van der Waals surface area contributed by atoms with Crippen LogP contribution in [-0.2, 0) is 12.8 Å². The number of nitrogens with one attached hydrogen (secondary N) is 2. The van der Waals surface area contributed by atoms with Gasteiger partial charge in [0.2, 0.25) is 0 Å². The number of hydrogen-bond acceptors (Lipinski definition) is 3. The number of primary amides is 1. The van der Waals surface area contributed by atoms with E-state index in [1.807, 2.05) is 0 Å². The molecule has 0 unspecified atom stereocenters. The maximum Gasteiger partial charge on any atom is 0.251 e. The van der Waals surface area contributed by atoms with E-state index in [2.05, 4.69) is 17.6 Å². The number of amides is 1. The van der Waals surface area contributed by atoms with Crippen molar-refractivity contribution in [3.05, 3.63) is 16.0 Å². The van der Waals surface area contributed by atoms with Crippen molar-refractivity contribution in [2.45, 2.75) is 26.2 Å². The van der Waals surface area contributed by atoms with E-state index in [9.17, 15) is 4.79 Å². The monoisotopic (exact) mass is 283 g/mol. The predicted octanol–water partition coefficient (Wildman–Crippen LogP) is 1.89. The van der Waals surface area contributed by atoms with Gasteiger partial charge in [0.25, 0.3) is 5.91 Å². The number of hydrogen-bond donors (Lipinski definition) is 3. The highest BCUT2D eigenvalue weighted by Crippen LogP contribution is 2.39. The van der Waals surface area contributed by atoms with Crippen molar-refractivity contribution >= 4 is 39.6 Å². The second kappa shape index (κ2) is 5.24. The number of nitrogens with two attached hydrogens (primary N) is 1. The molecule has 4 nitrogen and oxygen atoms in total. The van der Waals surface area contributed by atoms with Crippen molar-refractivity contribution in [2.24, 2.45) is 11.7 Å². The summed E-state index contributed by atoms with van der Waals surface area (Å²) >= 11 is 6.68. The zero-order valence-electron chi connectivity index (χ0n) is 10.5. The van der Waals surface area contributed by atoms with Crippen LogP contribution in [0.2, 0.25) is 0 Å². The van der Waals surface area contributed by atoms with Crippen molar-refractivity contribution in [1.82, 2.24) is 5.32 Å². The standard InChI is InChI=1S/C12H17N3OS2/c1-6-3-4-7-8(5-6)18-11(9(7)10(13)16)15-12(17)14-2/h6H,3-5H2,1-2H3,(H2,13,16)(H2,14,15,17)/t6-/m1/s1. The third-order valence-corrected chi connectivity index (χ3v) is 4.69. The van der Waals surface area contributed by atoms with Crippen molar-refractivity contribution in [3.8, 4) is 0 Å². The second-order valence-corrected chi connectivity index (χ2v) is 6.14. The molecule has 1 heterocycles. The van der Waals surface area contributed by atoms with Crippen LogP contribution in [0.15, 0.2) is 0 Å². The van der Waals surface area contributed by atoms with E-state index in [0.717, 1.165) is 29.8 Å². The van der Waals surface area contributed by atoms with Gasteiger partial charge in [-0.1, -0.05) is 6.92 Å². The Balaban J connectivity index is 2.40. The van der Waals surface area contributed by atoms with Gasteiger partial charge in [-0.3, -0.25) is 4.79 Å². The highest BCUT2D eigenvalue weighted by Gasteiger charge is 2.26. The molecule has 0 fully saturated rings. The predicted molar refractivity (Wildman–Crippen MR) is 79.3 cm³/mol. The van der Waals surface area contributed by atoms with Gasteiger partial charge in [-0.05, 0) is 43.0 Å². The lowest BCUT2D eigenvalue weighted by atomic mass is 9.88. The summed E-state index contributed by atoms with van der Waals surface area (Å²) in [6, 6.07) is 0. The van der Waals surface area contributed by atoms with Crippen LogP contribution in [0, 0.1) is 5.92 Å². The van der Waals surface area contributed by atoms with Crippen LogP contribution in [-0.4, -0.2) is 18.1 Å². The molecule has 98 valence electrons. The fourth-order valence-corrected chi connectivity index (χ4v) is 3.85. The van der Waals surface area contributed by atoms with Crippen molar-refractivity contribution in [3.63, 3.8) is 0 Å². The quantitative estimate of drug-likeness (QED) is 0.725. The summed E-state index contributed by atoms with van der Waals surface area (Å²) in [6.07, 6.45) is 3.06. The minimum Gasteiger partial charge on any atom is -0.366 e. The first-order valence-electron chi connectivity index (χ1n) is 5.96.